The topological polar surface area (TPSA) is 371 Å². The van der Waals surface area contributed by atoms with E-state index in [1.165, 1.54) is 6.92 Å². The lowest BCUT2D eigenvalue weighted by atomic mass is 9.71. The minimum Gasteiger partial charge on any atom is -0.477 e. The summed E-state index contributed by atoms with van der Waals surface area (Å²) in [4.78, 5) is 12.2. The molecule has 4 aliphatic heterocycles. The van der Waals surface area contributed by atoms with Gasteiger partial charge in [0.1, 0.15) is 30.5 Å². The van der Waals surface area contributed by atoms with Gasteiger partial charge in [0.25, 0.3) is 5.79 Å². The van der Waals surface area contributed by atoms with Crippen LogP contribution in [0, 0.1) is 35.5 Å². The van der Waals surface area contributed by atoms with Gasteiger partial charge >= 0.3 is 5.97 Å². The summed E-state index contributed by atoms with van der Waals surface area (Å²) in [6, 6.07) is -0.868. The van der Waals surface area contributed by atoms with Gasteiger partial charge in [0.05, 0.1) is 75.2 Å². The van der Waals surface area contributed by atoms with E-state index in [4.69, 9.17) is 38.9 Å². The standard InChI is InChI=1S/C36H63NO21/c1-13-21(5-15-20(43)6-22(18(9-40)28(15)46)54-30-24(11-42)55-32(48)14(2)27(30)45)53-23(10-41)31(26(13)44)57-34-29(47)17(8-39)16(7-38)25(56-34)12-52-36(35(50)51)4-3-19(37)33(49)58-36/h13-34,38-49H,3-12,37H2,1-2H3,(H,50,51)/t13?,14?,15?,16-,17?,18+,19+,20+,21?,22?,23?,24-,25?,26?,27+,28?,29-,30-,31?,32?,33+,34?,36+/m1/s1. The van der Waals surface area contributed by atoms with Crippen LogP contribution in [0.15, 0.2) is 0 Å². The first-order valence-electron chi connectivity index (χ1n) is 19.9. The average Bonchev–Trinajstić information content (AvgIpc) is 3.19. The second-order valence-electron chi connectivity index (χ2n) is 16.4. The van der Waals surface area contributed by atoms with Gasteiger partial charge in [-0.1, -0.05) is 13.8 Å². The Balaban J connectivity index is 1.26. The van der Waals surface area contributed by atoms with Gasteiger partial charge < -0.3 is 105 Å². The number of aliphatic carboxylic acids is 1. The van der Waals surface area contributed by atoms with Crippen LogP contribution in [-0.4, -0.2) is 216 Å². The Hall–Kier alpha value is -1.33. The molecule has 23 atom stereocenters. The van der Waals surface area contributed by atoms with Gasteiger partial charge in [-0.25, -0.2) is 4.79 Å². The minimum atomic E-state index is -2.33. The number of carboxylic acid groups (broad SMARTS) is 1. The number of aliphatic hydroxyl groups is 12. The Bertz CT molecular complexity index is 1300. The summed E-state index contributed by atoms with van der Waals surface area (Å²) in [5, 5.41) is 138. The SMILES string of the molecule is CC1C(CC2C(O)[C@@H](CO)C(O[C@@H]3[C@@H](CO)OC(O)C(C)[C@@H]3O)C[C@@H]2O)OC(CO)C(OC2OC(CO[C@@]3(C(=O)O)CC[C@H](N)[C@@H](O)O3)[C@H](CO)C(CO)[C@H]2O)C1O. The maximum Gasteiger partial charge on any atom is 0.364 e. The van der Waals surface area contributed by atoms with Gasteiger partial charge in [-0.3, -0.25) is 0 Å². The Kier molecular flexibility index (Phi) is 16.6. The van der Waals surface area contributed by atoms with Crippen molar-refractivity contribution in [2.24, 2.45) is 41.2 Å². The first-order chi connectivity index (χ1) is 27.5. The lowest BCUT2D eigenvalue weighted by Gasteiger charge is -2.50. The second kappa shape index (κ2) is 20.2. The maximum absolute atomic E-state index is 12.2. The lowest BCUT2D eigenvalue weighted by molar-refractivity contribution is -0.351. The van der Waals surface area contributed by atoms with Crippen LogP contribution < -0.4 is 5.73 Å². The van der Waals surface area contributed by atoms with Crippen LogP contribution >= 0.6 is 0 Å². The molecule has 0 bridgehead atoms. The van der Waals surface area contributed by atoms with E-state index in [1.807, 2.05) is 0 Å². The average molecular weight is 846 g/mol. The zero-order valence-corrected chi connectivity index (χ0v) is 32.4. The van der Waals surface area contributed by atoms with Gasteiger partial charge in [-0.05, 0) is 12.8 Å². The molecule has 0 radical (unpaired) electrons. The molecule has 15 N–H and O–H groups in total. The van der Waals surface area contributed by atoms with Crippen molar-refractivity contribution in [3.05, 3.63) is 0 Å². The van der Waals surface area contributed by atoms with Crippen LogP contribution in [0.3, 0.4) is 0 Å². The van der Waals surface area contributed by atoms with E-state index in [0.29, 0.717) is 0 Å². The minimum absolute atomic E-state index is 0.0297. The van der Waals surface area contributed by atoms with E-state index >= 15 is 0 Å². The molecule has 4 saturated heterocycles. The predicted octanol–water partition coefficient (Wildman–Crippen LogP) is -6.11. The summed E-state index contributed by atoms with van der Waals surface area (Å²) in [5.74, 6) is -9.55. The summed E-state index contributed by atoms with van der Waals surface area (Å²) in [6.07, 6.45) is -20.2. The van der Waals surface area contributed by atoms with Gasteiger partial charge in [0.2, 0.25) is 0 Å². The molecule has 338 valence electrons. The van der Waals surface area contributed by atoms with Crippen LogP contribution in [0.2, 0.25) is 0 Å². The van der Waals surface area contributed by atoms with Crippen LogP contribution in [-0.2, 0) is 38.0 Å². The first kappa shape index (κ1) is 47.7. The largest absolute Gasteiger partial charge is 0.477 e. The second-order valence-corrected chi connectivity index (χ2v) is 16.4. The summed E-state index contributed by atoms with van der Waals surface area (Å²) >= 11 is 0. The van der Waals surface area contributed by atoms with Crippen molar-refractivity contribution in [3.63, 3.8) is 0 Å². The normalized spacial score (nSPS) is 50.4. The fraction of sp³-hybridized carbons (Fsp3) is 0.972. The highest BCUT2D eigenvalue weighted by molar-refractivity contribution is 5.75. The number of aliphatic hydroxyl groups excluding tert-OH is 12. The quantitative estimate of drug-likeness (QED) is 0.0729. The zero-order chi connectivity index (χ0) is 42.8. The van der Waals surface area contributed by atoms with Crippen molar-refractivity contribution in [2.75, 3.05) is 39.6 Å². The van der Waals surface area contributed by atoms with E-state index in [2.05, 4.69) is 0 Å². The van der Waals surface area contributed by atoms with Crippen molar-refractivity contribution in [3.8, 4) is 0 Å². The molecule has 0 aromatic carbocycles. The van der Waals surface area contributed by atoms with Crippen molar-refractivity contribution in [1.82, 2.24) is 0 Å². The number of hydrogen-bond acceptors (Lipinski definition) is 21. The molecule has 4 heterocycles. The highest BCUT2D eigenvalue weighted by Crippen LogP contribution is 2.42. The molecule has 5 aliphatic rings. The molecule has 1 aliphatic carbocycles. The van der Waals surface area contributed by atoms with Crippen LogP contribution in [0.5, 0.6) is 0 Å². The molecule has 58 heavy (non-hydrogen) atoms. The number of nitrogens with two attached hydrogens (primary N) is 1. The smallest absolute Gasteiger partial charge is 0.364 e. The van der Waals surface area contributed by atoms with E-state index in [9.17, 15) is 71.2 Å². The monoisotopic (exact) mass is 845 g/mol. The molecule has 0 spiro atoms. The molecular formula is C36H63NO21. The van der Waals surface area contributed by atoms with Crippen LogP contribution in [0.4, 0.5) is 0 Å². The lowest BCUT2D eigenvalue weighted by Crippen LogP contribution is -2.62. The Labute approximate surface area is 334 Å². The molecule has 22 heteroatoms. The summed E-state index contributed by atoms with van der Waals surface area (Å²) < 4.78 is 40.5. The number of hydrogen-bond donors (Lipinski definition) is 14. The highest BCUT2D eigenvalue weighted by atomic mass is 16.8. The third-order valence-electron chi connectivity index (χ3n) is 13.0. The molecule has 0 amide bonds. The number of rotatable bonds is 15. The fourth-order valence-electron chi connectivity index (χ4n) is 9.03. The van der Waals surface area contributed by atoms with Crippen molar-refractivity contribution >= 4 is 5.97 Å². The summed E-state index contributed by atoms with van der Waals surface area (Å²) in [6.45, 7) is -0.723. The Morgan fingerprint density at radius 2 is 1.28 bits per heavy atom. The zero-order valence-electron chi connectivity index (χ0n) is 32.4. The van der Waals surface area contributed by atoms with Crippen molar-refractivity contribution in [2.45, 2.75) is 143 Å². The number of ether oxygens (including phenoxy) is 7. The molecule has 0 aromatic heterocycles. The van der Waals surface area contributed by atoms with E-state index in [0.717, 1.165) is 0 Å². The van der Waals surface area contributed by atoms with Gasteiger partial charge in [0, 0.05) is 61.6 Å². The molecule has 13 unspecified atom stereocenters. The number of carboxylic acids is 1. The molecule has 22 nitrogen and oxygen atoms in total. The predicted molar refractivity (Wildman–Crippen MR) is 189 cm³/mol. The summed E-state index contributed by atoms with van der Waals surface area (Å²) in [7, 11) is 0. The van der Waals surface area contributed by atoms with Crippen LogP contribution in [0.25, 0.3) is 0 Å². The van der Waals surface area contributed by atoms with Crippen LogP contribution in [0.1, 0.15) is 39.5 Å². The molecule has 5 rings (SSSR count). The van der Waals surface area contributed by atoms with Crippen molar-refractivity contribution < 1.29 is 104 Å². The van der Waals surface area contributed by atoms with Gasteiger partial charge in [-0.2, -0.15) is 0 Å². The maximum atomic E-state index is 12.2. The third kappa shape index (κ3) is 9.66. The molecule has 5 fully saturated rings. The Morgan fingerprint density at radius 1 is 0.672 bits per heavy atom. The Morgan fingerprint density at radius 3 is 1.86 bits per heavy atom. The van der Waals surface area contributed by atoms with Gasteiger partial charge in [-0.15, -0.1) is 0 Å². The highest BCUT2D eigenvalue weighted by Gasteiger charge is 2.55. The third-order valence-corrected chi connectivity index (χ3v) is 13.0. The van der Waals surface area contributed by atoms with Gasteiger partial charge in [0.15, 0.2) is 18.9 Å². The molecular weight excluding hydrogens is 782 g/mol. The first-order valence-corrected chi connectivity index (χ1v) is 19.9. The van der Waals surface area contributed by atoms with E-state index in [1.54, 1.807) is 6.92 Å². The molecule has 1 saturated carbocycles. The van der Waals surface area contributed by atoms with E-state index < -0.39 is 185 Å². The fourth-order valence-corrected chi connectivity index (χ4v) is 9.03. The molecule has 0 aromatic rings. The number of carbonyl (C=O) groups is 1. The summed E-state index contributed by atoms with van der Waals surface area (Å²) in [5.41, 5.74) is 5.75. The van der Waals surface area contributed by atoms with Crippen molar-refractivity contribution in [1.29, 1.82) is 0 Å². The van der Waals surface area contributed by atoms with E-state index in [-0.39, 0.29) is 25.7 Å².